The van der Waals surface area contributed by atoms with E-state index in [0.29, 0.717) is 24.4 Å². The van der Waals surface area contributed by atoms with Gasteiger partial charge >= 0.3 is 6.01 Å². The van der Waals surface area contributed by atoms with Gasteiger partial charge in [-0.3, -0.25) is 0 Å². The van der Waals surface area contributed by atoms with Crippen molar-refractivity contribution in [2.24, 2.45) is 0 Å². The van der Waals surface area contributed by atoms with Gasteiger partial charge in [0.25, 0.3) is 0 Å². The second kappa shape index (κ2) is 8.03. The van der Waals surface area contributed by atoms with Crippen LogP contribution in [0.2, 0.25) is 0 Å². The van der Waals surface area contributed by atoms with Gasteiger partial charge in [-0.1, -0.05) is 0 Å². The molecule has 27 heavy (non-hydrogen) atoms. The molecule has 1 aliphatic carbocycles. The van der Waals surface area contributed by atoms with Gasteiger partial charge in [-0.05, 0) is 69.9 Å². The fraction of sp³-hybridized carbons (Fsp3) is 0.421. The summed E-state index contributed by atoms with van der Waals surface area (Å²) in [5.41, 5.74) is 2.16. The van der Waals surface area contributed by atoms with E-state index < -0.39 is 10.0 Å². The maximum absolute atomic E-state index is 12.5. The number of aromatic nitrogens is 2. The van der Waals surface area contributed by atoms with Crippen LogP contribution in [-0.2, 0) is 10.0 Å². The summed E-state index contributed by atoms with van der Waals surface area (Å²) in [6.45, 7) is 3.80. The zero-order chi connectivity index (χ0) is 19.4. The van der Waals surface area contributed by atoms with E-state index in [4.69, 9.17) is 10.00 Å². The van der Waals surface area contributed by atoms with Crippen LogP contribution in [0.25, 0.3) is 0 Å². The maximum atomic E-state index is 12.5. The standard InChI is InChI=1S/C19H22N4O3S/c1-13-11-14(2)22-19(21-13)26-17-7-5-16(6-8-17)23-27(24,25)18-9-3-15(12-20)4-10-18/h3-4,9-11,16-17,23H,5-8H2,1-2H3. The smallest absolute Gasteiger partial charge is 0.317 e. The molecule has 3 rings (SSSR count). The van der Waals surface area contributed by atoms with Gasteiger partial charge in [0.1, 0.15) is 6.10 Å². The lowest BCUT2D eigenvalue weighted by Gasteiger charge is -2.28. The van der Waals surface area contributed by atoms with Crippen molar-refractivity contribution in [1.29, 1.82) is 5.26 Å². The minimum Gasteiger partial charge on any atom is -0.460 e. The molecular formula is C19H22N4O3S. The fourth-order valence-electron chi connectivity index (χ4n) is 3.19. The molecule has 142 valence electrons. The molecule has 1 heterocycles. The van der Waals surface area contributed by atoms with E-state index in [9.17, 15) is 8.42 Å². The highest BCUT2D eigenvalue weighted by Crippen LogP contribution is 2.24. The summed E-state index contributed by atoms with van der Waals surface area (Å²) in [5.74, 6) is 0. The zero-order valence-electron chi connectivity index (χ0n) is 15.3. The summed E-state index contributed by atoms with van der Waals surface area (Å²) in [6, 6.07) is 10.0. The van der Waals surface area contributed by atoms with Crippen LogP contribution in [0.3, 0.4) is 0 Å². The summed E-state index contributed by atoms with van der Waals surface area (Å²) >= 11 is 0. The molecule has 1 aliphatic rings. The summed E-state index contributed by atoms with van der Waals surface area (Å²) in [4.78, 5) is 8.76. The molecule has 0 aliphatic heterocycles. The predicted octanol–water partition coefficient (Wildman–Crippen LogP) is 2.63. The molecule has 1 aromatic heterocycles. The number of nitriles is 1. The average molecular weight is 386 g/mol. The molecule has 1 saturated carbocycles. The minimum absolute atomic E-state index is 0.0122. The van der Waals surface area contributed by atoms with Crippen molar-refractivity contribution in [3.63, 3.8) is 0 Å². The van der Waals surface area contributed by atoms with E-state index in [2.05, 4.69) is 14.7 Å². The van der Waals surface area contributed by atoms with Crippen molar-refractivity contribution in [3.05, 3.63) is 47.3 Å². The number of hydrogen-bond donors (Lipinski definition) is 1. The molecule has 0 amide bonds. The first-order valence-electron chi connectivity index (χ1n) is 8.87. The second-order valence-electron chi connectivity index (χ2n) is 6.78. The van der Waals surface area contributed by atoms with Gasteiger partial charge in [-0.2, -0.15) is 5.26 Å². The minimum atomic E-state index is -3.60. The van der Waals surface area contributed by atoms with E-state index in [1.165, 1.54) is 24.3 Å². The Morgan fingerprint density at radius 1 is 1.07 bits per heavy atom. The van der Waals surface area contributed by atoms with Crippen LogP contribution in [0, 0.1) is 25.2 Å². The topological polar surface area (TPSA) is 105 Å². The Bertz CT molecular complexity index is 924. The highest BCUT2D eigenvalue weighted by atomic mass is 32.2. The van der Waals surface area contributed by atoms with Crippen LogP contribution in [0.15, 0.2) is 35.2 Å². The fourth-order valence-corrected chi connectivity index (χ4v) is 4.49. The molecule has 0 bridgehead atoms. The number of benzene rings is 1. The number of sulfonamides is 1. The number of aryl methyl sites for hydroxylation is 2. The highest BCUT2D eigenvalue weighted by Gasteiger charge is 2.27. The molecule has 2 aromatic rings. The Kier molecular flexibility index (Phi) is 5.73. The first-order valence-corrected chi connectivity index (χ1v) is 10.4. The Hall–Kier alpha value is -2.50. The van der Waals surface area contributed by atoms with Gasteiger partial charge in [0.05, 0.1) is 16.5 Å². The van der Waals surface area contributed by atoms with Crippen LogP contribution in [0.1, 0.15) is 42.6 Å². The Morgan fingerprint density at radius 3 is 2.22 bits per heavy atom. The van der Waals surface area contributed by atoms with Crippen LogP contribution in [0.5, 0.6) is 6.01 Å². The summed E-state index contributed by atoms with van der Waals surface area (Å²) in [7, 11) is -3.60. The third kappa shape index (κ3) is 5.02. The number of nitrogens with zero attached hydrogens (tertiary/aromatic N) is 3. The Morgan fingerprint density at radius 2 is 1.67 bits per heavy atom. The predicted molar refractivity (Wildman–Crippen MR) is 99.7 cm³/mol. The van der Waals surface area contributed by atoms with Crippen molar-refractivity contribution >= 4 is 10.0 Å². The summed E-state index contributed by atoms with van der Waals surface area (Å²) in [6.07, 6.45) is 2.82. The number of ether oxygens (including phenoxy) is 1. The monoisotopic (exact) mass is 386 g/mol. The van der Waals surface area contributed by atoms with E-state index in [1.54, 1.807) is 0 Å². The summed E-state index contributed by atoms with van der Waals surface area (Å²) < 4.78 is 33.6. The van der Waals surface area contributed by atoms with Gasteiger partial charge < -0.3 is 4.74 Å². The molecule has 8 heteroatoms. The maximum Gasteiger partial charge on any atom is 0.317 e. The SMILES string of the molecule is Cc1cc(C)nc(OC2CCC(NS(=O)(=O)c3ccc(C#N)cc3)CC2)n1. The van der Waals surface area contributed by atoms with Gasteiger partial charge in [0.2, 0.25) is 10.0 Å². The molecule has 7 nitrogen and oxygen atoms in total. The van der Waals surface area contributed by atoms with Crippen molar-refractivity contribution in [2.45, 2.75) is 56.6 Å². The van der Waals surface area contributed by atoms with E-state index in [1.807, 2.05) is 26.0 Å². The highest BCUT2D eigenvalue weighted by molar-refractivity contribution is 7.89. The van der Waals surface area contributed by atoms with Gasteiger partial charge in [0, 0.05) is 17.4 Å². The zero-order valence-corrected chi connectivity index (χ0v) is 16.2. The third-order valence-corrected chi connectivity index (χ3v) is 6.06. The third-order valence-electron chi connectivity index (χ3n) is 4.52. The quantitative estimate of drug-likeness (QED) is 0.847. The Balaban J connectivity index is 1.56. The molecule has 1 fully saturated rings. The van der Waals surface area contributed by atoms with E-state index in [0.717, 1.165) is 24.2 Å². The molecule has 0 atom stereocenters. The molecule has 0 radical (unpaired) electrons. The Labute approximate surface area is 159 Å². The lowest BCUT2D eigenvalue weighted by atomic mass is 9.94. The van der Waals surface area contributed by atoms with Crippen LogP contribution < -0.4 is 9.46 Å². The average Bonchev–Trinajstić information content (AvgIpc) is 2.62. The molecule has 0 spiro atoms. The van der Waals surface area contributed by atoms with Gasteiger partial charge in [-0.25, -0.2) is 23.1 Å². The van der Waals surface area contributed by atoms with Crippen molar-refractivity contribution < 1.29 is 13.2 Å². The van der Waals surface area contributed by atoms with Crippen molar-refractivity contribution in [3.8, 4) is 12.1 Å². The van der Waals surface area contributed by atoms with Gasteiger partial charge in [-0.15, -0.1) is 0 Å². The van der Waals surface area contributed by atoms with Crippen LogP contribution in [-0.4, -0.2) is 30.5 Å². The largest absolute Gasteiger partial charge is 0.460 e. The number of rotatable bonds is 5. The molecule has 1 N–H and O–H groups in total. The summed E-state index contributed by atoms with van der Waals surface area (Å²) in [5, 5.41) is 8.82. The number of hydrogen-bond acceptors (Lipinski definition) is 6. The second-order valence-corrected chi connectivity index (χ2v) is 8.50. The van der Waals surface area contributed by atoms with Crippen molar-refractivity contribution in [2.75, 3.05) is 0 Å². The molecular weight excluding hydrogens is 364 g/mol. The van der Waals surface area contributed by atoms with E-state index >= 15 is 0 Å². The molecule has 0 unspecified atom stereocenters. The lowest BCUT2D eigenvalue weighted by molar-refractivity contribution is 0.131. The van der Waals surface area contributed by atoms with Gasteiger partial charge in [0.15, 0.2) is 0 Å². The molecule has 1 aromatic carbocycles. The van der Waals surface area contributed by atoms with Crippen molar-refractivity contribution in [1.82, 2.24) is 14.7 Å². The van der Waals surface area contributed by atoms with Crippen LogP contribution in [0.4, 0.5) is 0 Å². The first kappa shape index (κ1) is 19.3. The van der Waals surface area contributed by atoms with Crippen LogP contribution >= 0.6 is 0 Å². The first-order chi connectivity index (χ1) is 12.9. The normalized spacial score (nSPS) is 20.0. The number of nitrogens with one attached hydrogen (secondary N) is 1. The molecule has 0 saturated heterocycles. The lowest BCUT2D eigenvalue weighted by Crippen LogP contribution is -2.39. The van der Waals surface area contributed by atoms with E-state index in [-0.39, 0.29) is 17.0 Å².